The summed E-state index contributed by atoms with van der Waals surface area (Å²) >= 11 is 0. The second kappa shape index (κ2) is 10.2. The van der Waals surface area contributed by atoms with Crippen LogP contribution in [0, 0.1) is 0 Å². The lowest BCUT2D eigenvalue weighted by molar-refractivity contribution is -0.142. The van der Waals surface area contributed by atoms with Crippen LogP contribution < -0.4 is 10.1 Å². The third-order valence-electron chi connectivity index (χ3n) is 3.72. The van der Waals surface area contributed by atoms with Crippen molar-refractivity contribution in [2.24, 2.45) is 0 Å². The zero-order valence-electron chi connectivity index (χ0n) is 15.5. The fourth-order valence-electron chi connectivity index (χ4n) is 2.26. The summed E-state index contributed by atoms with van der Waals surface area (Å²) in [6.07, 6.45) is 2.59. The molecule has 2 aromatic carbocycles. The van der Waals surface area contributed by atoms with Crippen molar-refractivity contribution >= 4 is 23.6 Å². The number of benzene rings is 2. The van der Waals surface area contributed by atoms with Crippen LogP contribution in [0.4, 0.5) is 14.5 Å². The molecule has 0 atom stereocenters. The van der Waals surface area contributed by atoms with E-state index in [1.807, 2.05) is 12.1 Å². The number of esters is 1. The highest BCUT2D eigenvalue weighted by Crippen LogP contribution is 2.17. The molecule has 0 aliphatic carbocycles. The molecular formula is C21H21F2NO4. The van der Waals surface area contributed by atoms with Gasteiger partial charge in [-0.15, -0.1) is 0 Å². The smallest absolute Gasteiger partial charge is 0.387 e. The van der Waals surface area contributed by atoms with Gasteiger partial charge >= 0.3 is 12.6 Å². The molecule has 0 heterocycles. The monoisotopic (exact) mass is 389 g/mol. The standard InChI is InChI=1S/C21H21F2NO4/c1-14(2)16-6-8-17(9-7-16)24-19(25)13-27-20(26)12-5-15-3-10-18(11-4-15)28-21(22)23/h3-12,14,21H,13H2,1-2H3,(H,24,25)/b12-5+. The molecule has 0 saturated heterocycles. The van der Waals surface area contributed by atoms with Crippen molar-refractivity contribution < 1.29 is 27.8 Å². The van der Waals surface area contributed by atoms with E-state index < -0.39 is 25.1 Å². The van der Waals surface area contributed by atoms with E-state index in [-0.39, 0.29) is 5.75 Å². The first-order chi connectivity index (χ1) is 13.3. The molecule has 148 valence electrons. The Hall–Kier alpha value is -3.22. The Balaban J connectivity index is 1.78. The average molecular weight is 389 g/mol. The molecule has 0 aliphatic rings. The molecule has 0 spiro atoms. The van der Waals surface area contributed by atoms with Crippen molar-refractivity contribution in [3.8, 4) is 5.75 Å². The average Bonchev–Trinajstić information content (AvgIpc) is 2.66. The molecule has 1 amide bonds. The molecule has 2 rings (SSSR count). The number of hydrogen-bond acceptors (Lipinski definition) is 4. The summed E-state index contributed by atoms with van der Waals surface area (Å²) in [5.74, 6) is -0.732. The van der Waals surface area contributed by atoms with Gasteiger partial charge in [0.1, 0.15) is 5.75 Å². The second-order valence-electron chi connectivity index (χ2n) is 6.21. The number of rotatable bonds is 8. The maximum Gasteiger partial charge on any atom is 0.387 e. The molecule has 1 N–H and O–H groups in total. The molecule has 7 heteroatoms. The van der Waals surface area contributed by atoms with Gasteiger partial charge < -0.3 is 14.8 Å². The van der Waals surface area contributed by atoms with Crippen LogP contribution >= 0.6 is 0 Å². The molecule has 0 fully saturated rings. The van der Waals surface area contributed by atoms with Gasteiger partial charge in [-0.3, -0.25) is 4.79 Å². The minimum atomic E-state index is -2.89. The normalized spacial score (nSPS) is 11.1. The lowest BCUT2D eigenvalue weighted by Crippen LogP contribution is -2.20. The van der Waals surface area contributed by atoms with Crippen molar-refractivity contribution in [2.75, 3.05) is 11.9 Å². The summed E-state index contributed by atoms with van der Waals surface area (Å²) in [4.78, 5) is 23.5. The third kappa shape index (κ3) is 7.19. The SMILES string of the molecule is CC(C)c1ccc(NC(=O)COC(=O)/C=C/c2ccc(OC(F)F)cc2)cc1. The highest BCUT2D eigenvalue weighted by molar-refractivity contribution is 5.94. The van der Waals surface area contributed by atoms with E-state index in [9.17, 15) is 18.4 Å². The van der Waals surface area contributed by atoms with Crippen molar-refractivity contribution in [1.29, 1.82) is 0 Å². The molecule has 0 aromatic heterocycles. The third-order valence-corrected chi connectivity index (χ3v) is 3.72. The molecule has 0 unspecified atom stereocenters. The molecule has 0 aliphatic heterocycles. The van der Waals surface area contributed by atoms with Crippen molar-refractivity contribution in [3.63, 3.8) is 0 Å². The number of carbonyl (C=O) groups excluding carboxylic acids is 2. The Morgan fingerprint density at radius 3 is 2.25 bits per heavy atom. The van der Waals surface area contributed by atoms with Gasteiger partial charge in [0, 0.05) is 11.8 Å². The van der Waals surface area contributed by atoms with Crippen LogP contribution in [0.25, 0.3) is 6.08 Å². The van der Waals surface area contributed by atoms with E-state index in [0.29, 0.717) is 17.2 Å². The van der Waals surface area contributed by atoms with Crippen LogP contribution in [0.15, 0.2) is 54.6 Å². The first-order valence-electron chi connectivity index (χ1n) is 8.63. The van der Waals surface area contributed by atoms with Gasteiger partial charge in [-0.25, -0.2) is 4.79 Å². The van der Waals surface area contributed by atoms with Crippen LogP contribution in [0.5, 0.6) is 5.75 Å². The highest BCUT2D eigenvalue weighted by Gasteiger charge is 2.07. The summed E-state index contributed by atoms with van der Waals surface area (Å²) in [6.45, 7) is 0.838. The Morgan fingerprint density at radius 2 is 1.68 bits per heavy atom. The lowest BCUT2D eigenvalue weighted by atomic mass is 10.0. The summed E-state index contributed by atoms with van der Waals surface area (Å²) in [7, 11) is 0. The Bertz CT molecular complexity index is 815. The molecular weight excluding hydrogens is 368 g/mol. The molecule has 0 saturated carbocycles. The summed E-state index contributed by atoms with van der Waals surface area (Å²) in [6, 6.07) is 13.2. The van der Waals surface area contributed by atoms with Crippen LogP contribution in [0.1, 0.15) is 30.9 Å². The van der Waals surface area contributed by atoms with Gasteiger partial charge in [0.25, 0.3) is 5.91 Å². The maximum absolute atomic E-state index is 12.1. The number of ether oxygens (including phenoxy) is 2. The first kappa shape index (κ1) is 21.1. The summed E-state index contributed by atoms with van der Waals surface area (Å²) < 4.78 is 33.3. The maximum atomic E-state index is 12.1. The first-order valence-corrected chi connectivity index (χ1v) is 8.63. The van der Waals surface area contributed by atoms with Gasteiger partial charge in [0.2, 0.25) is 0 Å². The number of hydrogen-bond donors (Lipinski definition) is 1. The molecule has 5 nitrogen and oxygen atoms in total. The molecule has 2 aromatic rings. The largest absolute Gasteiger partial charge is 0.452 e. The molecule has 28 heavy (non-hydrogen) atoms. The molecule has 0 radical (unpaired) electrons. The number of alkyl halides is 2. The Morgan fingerprint density at radius 1 is 1.04 bits per heavy atom. The quantitative estimate of drug-likeness (QED) is 0.529. The van der Waals surface area contributed by atoms with Crippen LogP contribution in [-0.4, -0.2) is 25.1 Å². The Labute approximate surface area is 162 Å². The van der Waals surface area contributed by atoms with Crippen molar-refractivity contribution in [2.45, 2.75) is 26.4 Å². The van der Waals surface area contributed by atoms with E-state index >= 15 is 0 Å². The van der Waals surface area contributed by atoms with Gasteiger partial charge in [-0.2, -0.15) is 8.78 Å². The van der Waals surface area contributed by atoms with Crippen molar-refractivity contribution in [3.05, 3.63) is 65.7 Å². The van der Waals surface area contributed by atoms with E-state index in [2.05, 4.69) is 23.9 Å². The summed E-state index contributed by atoms with van der Waals surface area (Å²) in [5, 5.41) is 2.64. The van der Waals surface area contributed by atoms with Gasteiger partial charge in [-0.1, -0.05) is 38.1 Å². The predicted octanol–water partition coefficient (Wildman–Crippen LogP) is 4.61. The Kier molecular flexibility index (Phi) is 7.68. The zero-order chi connectivity index (χ0) is 20.5. The van der Waals surface area contributed by atoms with Gasteiger partial charge in [0.15, 0.2) is 6.61 Å². The fourth-order valence-corrected chi connectivity index (χ4v) is 2.26. The van der Waals surface area contributed by atoms with E-state index in [0.717, 1.165) is 11.6 Å². The number of amides is 1. The zero-order valence-corrected chi connectivity index (χ0v) is 15.5. The molecule has 0 bridgehead atoms. The fraction of sp³-hybridized carbons (Fsp3) is 0.238. The number of halogens is 2. The topological polar surface area (TPSA) is 64.6 Å². The van der Waals surface area contributed by atoms with E-state index in [1.165, 1.54) is 30.3 Å². The van der Waals surface area contributed by atoms with Crippen LogP contribution in [0.3, 0.4) is 0 Å². The second-order valence-corrected chi connectivity index (χ2v) is 6.21. The van der Waals surface area contributed by atoms with Gasteiger partial charge in [0.05, 0.1) is 0 Å². The van der Waals surface area contributed by atoms with Crippen molar-refractivity contribution in [1.82, 2.24) is 0 Å². The lowest BCUT2D eigenvalue weighted by Gasteiger charge is -2.08. The minimum Gasteiger partial charge on any atom is -0.452 e. The van der Waals surface area contributed by atoms with E-state index in [4.69, 9.17) is 4.74 Å². The summed E-state index contributed by atoms with van der Waals surface area (Å²) in [5.41, 5.74) is 2.36. The van der Waals surface area contributed by atoms with Gasteiger partial charge in [-0.05, 0) is 47.4 Å². The van der Waals surface area contributed by atoms with Crippen LogP contribution in [0.2, 0.25) is 0 Å². The number of nitrogens with one attached hydrogen (secondary N) is 1. The highest BCUT2D eigenvalue weighted by atomic mass is 19.3. The number of anilines is 1. The number of carbonyl (C=O) groups is 2. The van der Waals surface area contributed by atoms with Crippen LogP contribution in [-0.2, 0) is 14.3 Å². The van der Waals surface area contributed by atoms with E-state index in [1.54, 1.807) is 12.1 Å². The minimum absolute atomic E-state index is 0.0211. The predicted molar refractivity (Wildman–Crippen MR) is 102 cm³/mol.